The molecule has 4 nitrogen and oxygen atoms in total. The van der Waals surface area contributed by atoms with Crippen LogP contribution >= 0.6 is 23.2 Å². The summed E-state index contributed by atoms with van der Waals surface area (Å²) in [4.78, 5) is 10.8. The minimum Gasteiger partial charge on any atom is -0.393 e. The molecule has 0 unspecified atom stereocenters. The summed E-state index contributed by atoms with van der Waals surface area (Å²) in [5.41, 5.74) is 10.3. The monoisotopic (exact) mass is 209 g/mol. The molecule has 0 radical (unpaired) electrons. The molecule has 0 heterocycles. The van der Waals surface area contributed by atoms with Crippen LogP contribution in [0.2, 0.25) is 0 Å². The van der Waals surface area contributed by atoms with Crippen molar-refractivity contribution < 1.29 is 4.79 Å². The Labute approximate surface area is 80.2 Å². The molecule has 0 aliphatic rings. The Bertz CT molecular complexity index is 243. The number of nitrogens with one attached hydrogen (secondary N) is 1. The van der Waals surface area contributed by atoms with Crippen molar-refractivity contribution >= 4 is 29.1 Å². The molecule has 0 spiro atoms. The van der Waals surface area contributed by atoms with E-state index in [0.717, 1.165) is 0 Å². The molecule has 0 aromatic rings. The van der Waals surface area contributed by atoms with Crippen molar-refractivity contribution in [1.82, 2.24) is 5.32 Å². The van der Waals surface area contributed by atoms with Gasteiger partial charge in [-0.05, 0) is 6.08 Å². The minimum absolute atomic E-state index is 0.0156. The number of carbonyl (C=O) groups excluding carboxylic acids is 1. The molecule has 0 bridgehead atoms. The standard InChI is InChI=1S/C6H9Cl2N3O/c1-11-6(12)5(10)3(7)2-4(8)9/h2H,9-10H2,1H3,(H,11,12)/b4-2-,5-3+. The summed E-state index contributed by atoms with van der Waals surface area (Å²) in [6.07, 6.45) is 1.19. The Morgan fingerprint density at radius 1 is 1.42 bits per heavy atom. The maximum absolute atomic E-state index is 10.8. The van der Waals surface area contributed by atoms with Gasteiger partial charge >= 0.3 is 0 Å². The summed E-state index contributed by atoms with van der Waals surface area (Å²) >= 11 is 10.9. The Hall–Kier alpha value is -0.870. The van der Waals surface area contributed by atoms with Crippen LogP contribution in [0.1, 0.15) is 0 Å². The topological polar surface area (TPSA) is 81.1 Å². The lowest BCUT2D eigenvalue weighted by atomic mass is 10.3. The van der Waals surface area contributed by atoms with E-state index in [1.54, 1.807) is 0 Å². The third kappa shape index (κ3) is 3.50. The molecule has 12 heavy (non-hydrogen) atoms. The highest BCUT2D eigenvalue weighted by Gasteiger charge is 2.06. The van der Waals surface area contributed by atoms with Crippen LogP contribution in [0.5, 0.6) is 0 Å². The Morgan fingerprint density at radius 2 is 1.92 bits per heavy atom. The van der Waals surface area contributed by atoms with Gasteiger partial charge in [0, 0.05) is 7.05 Å². The second-order valence-electron chi connectivity index (χ2n) is 1.87. The van der Waals surface area contributed by atoms with E-state index < -0.39 is 5.91 Å². The predicted octanol–water partition coefficient (Wildman–Crippen LogP) is 0.180. The summed E-state index contributed by atoms with van der Waals surface area (Å²) in [7, 11) is 1.44. The molecular formula is C6H9Cl2N3O. The lowest BCUT2D eigenvalue weighted by Gasteiger charge is -1.99. The second kappa shape index (κ2) is 4.90. The van der Waals surface area contributed by atoms with Crippen molar-refractivity contribution in [3.8, 4) is 0 Å². The average Bonchev–Trinajstić information content (AvgIpc) is 2.00. The van der Waals surface area contributed by atoms with Gasteiger partial charge in [0.1, 0.15) is 10.9 Å². The first-order valence-electron chi connectivity index (χ1n) is 2.99. The lowest BCUT2D eigenvalue weighted by molar-refractivity contribution is -0.117. The van der Waals surface area contributed by atoms with Gasteiger partial charge in [-0.1, -0.05) is 23.2 Å². The Kier molecular flexibility index (Phi) is 4.54. The summed E-state index contributed by atoms with van der Waals surface area (Å²) in [6.45, 7) is 0. The van der Waals surface area contributed by atoms with E-state index in [1.165, 1.54) is 13.1 Å². The van der Waals surface area contributed by atoms with Crippen molar-refractivity contribution in [2.24, 2.45) is 11.5 Å². The van der Waals surface area contributed by atoms with Crippen molar-refractivity contribution in [3.63, 3.8) is 0 Å². The highest BCUT2D eigenvalue weighted by molar-refractivity contribution is 6.35. The molecule has 1 amide bonds. The van der Waals surface area contributed by atoms with Gasteiger partial charge in [0.05, 0.1) is 5.03 Å². The third-order valence-electron chi connectivity index (χ3n) is 0.994. The van der Waals surface area contributed by atoms with Crippen LogP contribution in [0, 0.1) is 0 Å². The number of amides is 1. The van der Waals surface area contributed by atoms with Crippen molar-refractivity contribution in [2.45, 2.75) is 0 Å². The van der Waals surface area contributed by atoms with Gasteiger partial charge < -0.3 is 16.8 Å². The zero-order valence-corrected chi connectivity index (χ0v) is 7.91. The van der Waals surface area contributed by atoms with Crippen LogP contribution < -0.4 is 16.8 Å². The molecule has 0 aromatic carbocycles. The fourth-order valence-electron chi connectivity index (χ4n) is 0.442. The van der Waals surface area contributed by atoms with E-state index in [-0.39, 0.29) is 15.9 Å². The highest BCUT2D eigenvalue weighted by Crippen LogP contribution is 2.09. The second-order valence-corrected chi connectivity index (χ2v) is 2.71. The number of hydrogen-bond donors (Lipinski definition) is 3. The first kappa shape index (κ1) is 11.1. The predicted molar refractivity (Wildman–Crippen MR) is 49.3 cm³/mol. The smallest absolute Gasteiger partial charge is 0.268 e. The summed E-state index contributed by atoms with van der Waals surface area (Å²) in [5.74, 6) is -0.478. The fourth-order valence-corrected chi connectivity index (χ4v) is 0.810. The summed E-state index contributed by atoms with van der Waals surface area (Å²) in [6, 6.07) is 0. The van der Waals surface area contributed by atoms with Crippen LogP contribution in [0.4, 0.5) is 0 Å². The maximum Gasteiger partial charge on any atom is 0.268 e. The summed E-state index contributed by atoms with van der Waals surface area (Å²) in [5, 5.41) is 2.28. The van der Waals surface area contributed by atoms with E-state index in [0.29, 0.717) is 0 Å². The van der Waals surface area contributed by atoms with Crippen molar-refractivity contribution in [2.75, 3.05) is 7.05 Å². The molecule has 0 rings (SSSR count). The van der Waals surface area contributed by atoms with Crippen molar-refractivity contribution in [1.29, 1.82) is 0 Å². The van der Waals surface area contributed by atoms with Gasteiger partial charge in [0.25, 0.3) is 5.91 Å². The zero-order chi connectivity index (χ0) is 9.72. The molecule has 6 heteroatoms. The molecule has 0 atom stereocenters. The Morgan fingerprint density at radius 3 is 2.25 bits per heavy atom. The molecule has 68 valence electrons. The third-order valence-corrected chi connectivity index (χ3v) is 1.42. The molecule has 0 saturated carbocycles. The van der Waals surface area contributed by atoms with E-state index in [1.807, 2.05) is 0 Å². The van der Waals surface area contributed by atoms with E-state index in [4.69, 9.17) is 34.7 Å². The van der Waals surface area contributed by atoms with Crippen LogP contribution in [-0.4, -0.2) is 13.0 Å². The largest absolute Gasteiger partial charge is 0.393 e. The average molecular weight is 210 g/mol. The van der Waals surface area contributed by atoms with Gasteiger partial charge in [-0.25, -0.2) is 0 Å². The van der Waals surface area contributed by atoms with E-state index in [9.17, 15) is 4.79 Å². The van der Waals surface area contributed by atoms with Gasteiger partial charge in [-0.3, -0.25) is 4.79 Å². The van der Waals surface area contributed by atoms with Gasteiger partial charge in [0.15, 0.2) is 0 Å². The number of allylic oxidation sites excluding steroid dienone is 2. The fraction of sp³-hybridized carbons (Fsp3) is 0.167. The van der Waals surface area contributed by atoms with Gasteiger partial charge in [-0.2, -0.15) is 0 Å². The number of rotatable bonds is 2. The molecule has 0 saturated heterocycles. The minimum atomic E-state index is -0.478. The van der Waals surface area contributed by atoms with Gasteiger partial charge in [0.2, 0.25) is 0 Å². The molecule has 5 N–H and O–H groups in total. The number of nitrogens with two attached hydrogens (primary N) is 2. The van der Waals surface area contributed by atoms with E-state index in [2.05, 4.69) is 5.32 Å². The summed E-state index contributed by atoms with van der Waals surface area (Å²) < 4.78 is 0. The number of hydrogen-bond acceptors (Lipinski definition) is 3. The molecule has 0 aliphatic carbocycles. The normalized spacial score (nSPS) is 13.8. The lowest BCUT2D eigenvalue weighted by Crippen LogP contribution is -2.25. The van der Waals surface area contributed by atoms with Gasteiger partial charge in [-0.15, -0.1) is 0 Å². The molecule has 0 fully saturated rings. The van der Waals surface area contributed by atoms with Crippen LogP contribution in [0.15, 0.2) is 22.0 Å². The Balaban J connectivity index is 4.69. The van der Waals surface area contributed by atoms with Crippen molar-refractivity contribution in [3.05, 3.63) is 22.0 Å². The van der Waals surface area contributed by atoms with Crippen LogP contribution in [0.3, 0.4) is 0 Å². The molecule has 0 aliphatic heterocycles. The quantitative estimate of drug-likeness (QED) is 0.345. The number of carbonyl (C=O) groups is 1. The highest BCUT2D eigenvalue weighted by atomic mass is 35.5. The van der Waals surface area contributed by atoms with Crippen LogP contribution in [-0.2, 0) is 4.79 Å². The SMILES string of the molecule is CNC(=O)/C(N)=C(Cl)/C=C(\N)Cl. The number of likely N-dealkylation sites (N-methyl/N-ethyl adjacent to an activating group) is 1. The first-order chi connectivity index (χ1) is 5.49. The number of halogens is 2. The molecule has 0 aromatic heterocycles. The maximum atomic E-state index is 10.8. The van der Waals surface area contributed by atoms with E-state index >= 15 is 0 Å². The van der Waals surface area contributed by atoms with Crippen LogP contribution in [0.25, 0.3) is 0 Å². The zero-order valence-electron chi connectivity index (χ0n) is 6.40. The molecular weight excluding hydrogens is 201 g/mol. The first-order valence-corrected chi connectivity index (χ1v) is 3.74.